The summed E-state index contributed by atoms with van der Waals surface area (Å²) in [5.74, 6) is 0.427. The Morgan fingerprint density at radius 3 is 2.90 bits per heavy atom. The minimum absolute atomic E-state index is 0.0290. The molecule has 0 saturated carbocycles. The number of anilines is 1. The molecular formula is C14H16ClN3O2. The molecule has 0 radical (unpaired) electrons. The van der Waals surface area contributed by atoms with E-state index in [-0.39, 0.29) is 5.57 Å². The Hall–Kier alpha value is -2.19. The van der Waals surface area contributed by atoms with Crippen molar-refractivity contribution in [2.45, 2.75) is 6.92 Å². The van der Waals surface area contributed by atoms with E-state index in [1.54, 1.807) is 12.1 Å². The number of carbonyl (C=O) groups excluding carboxylic acids is 1. The Morgan fingerprint density at radius 1 is 1.55 bits per heavy atom. The molecule has 0 aliphatic rings. The van der Waals surface area contributed by atoms with Gasteiger partial charge in [0.25, 0.3) is 5.91 Å². The van der Waals surface area contributed by atoms with E-state index in [1.165, 1.54) is 13.3 Å². The first-order valence-corrected chi connectivity index (χ1v) is 6.51. The van der Waals surface area contributed by atoms with Crippen LogP contribution in [0.5, 0.6) is 5.75 Å². The Bertz CT molecular complexity index is 550. The lowest BCUT2D eigenvalue weighted by Gasteiger charge is -2.10. The summed E-state index contributed by atoms with van der Waals surface area (Å²) in [5, 5.41) is 14.4. The van der Waals surface area contributed by atoms with E-state index in [4.69, 9.17) is 21.6 Å². The molecule has 0 spiro atoms. The first kappa shape index (κ1) is 15.9. The molecule has 1 aromatic carbocycles. The average Bonchev–Trinajstić information content (AvgIpc) is 2.44. The van der Waals surface area contributed by atoms with Crippen LogP contribution in [0, 0.1) is 18.3 Å². The maximum atomic E-state index is 12.0. The zero-order valence-corrected chi connectivity index (χ0v) is 12.1. The topological polar surface area (TPSA) is 74.1 Å². The minimum atomic E-state index is -0.501. The van der Waals surface area contributed by atoms with Gasteiger partial charge in [-0.05, 0) is 24.6 Å². The standard InChI is InChI=1S/C14H16ClN3O2/c1-10-3-4-13(20-2)12(7-10)18-14(19)11(8-16)9-17-6-5-15/h3-4,7,9,17H,5-6H2,1-2H3,(H,18,19)/b11-9-. The van der Waals surface area contributed by atoms with Gasteiger partial charge in [-0.15, -0.1) is 11.6 Å². The van der Waals surface area contributed by atoms with E-state index >= 15 is 0 Å². The van der Waals surface area contributed by atoms with Crippen molar-refractivity contribution in [3.8, 4) is 11.8 Å². The number of benzene rings is 1. The van der Waals surface area contributed by atoms with Crippen LogP contribution in [0.3, 0.4) is 0 Å². The number of rotatable bonds is 6. The number of hydrogen-bond acceptors (Lipinski definition) is 4. The Balaban J connectivity index is 2.86. The van der Waals surface area contributed by atoms with Crippen LogP contribution >= 0.6 is 11.6 Å². The number of nitrogens with zero attached hydrogens (tertiary/aromatic N) is 1. The minimum Gasteiger partial charge on any atom is -0.495 e. The normalized spacial score (nSPS) is 10.6. The van der Waals surface area contributed by atoms with E-state index < -0.39 is 5.91 Å². The van der Waals surface area contributed by atoms with Crippen molar-refractivity contribution < 1.29 is 9.53 Å². The highest BCUT2D eigenvalue weighted by molar-refractivity contribution is 6.18. The number of carbonyl (C=O) groups is 1. The second-order valence-electron chi connectivity index (χ2n) is 3.97. The van der Waals surface area contributed by atoms with Gasteiger partial charge in [-0.3, -0.25) is 4.79 Å². The van der Waals surface area contributed by atoms with Gasteiger partial charge in [-0.25, -0.2) is 0 Å². The van der Waals surface area contributed by atoms with Gasteiger partial charge in [-0.2, -0.15) is 5.26 Å². The molecule has 0 unspecified atom stereocenters. The number of hydrogen-bond donors (Lipinski definition) is 2. The second-order valence-corrected chi connectivity index (χ2v) is 4.35. The second kappa shape index (κ2) is 8.08. The third kappa shape index (κ3) is 4.48. The summed E-state index contributed by atoms with van der Waals surface area (Å²) in [5.41, 5.74) is 1.47. The van der Waals surface area contributed by atoms with Crippen LogP contribution in [0.2, 0.25) is 0 Å². The predicted octanol–water partition coefficient (Wildman–Crippen LogP) is 2.18. The number of nitriles is 1. The summed E-state index contributed by atoms with van der Waals surface area (Å²) in [6.07, 6.45) is 1.35. The first-order chi connectivity index (χ1) is 9.62. The molecule has 5 nitrogen and oxygen atoms in total. The van der Waals surface area contributed by atoms with Gasteiger partial charge in [0.2, 0.25) is 0 Å². The van der Waals surface area contributed by atoms with Crippen LogP contribution in [0.4, 0.5) is 5.69 Å². The summed E-state index contributed by atoms with van der Waals surface area (Å²) >= 11 is 5.50. The van der Waals surface area contributed by atoms with Gasteiger partial charge in [0.05, 0.1) is 12.8 Å². The van der Waals surface area contributed by atoms with Crippen LogP contribution in [-0.4, -0.2) is 25.4 Å². The molecule has 0 aliphatic heterocycles. The van der Waals surface area contributed by atoms with Gasteiger partial charge in [0.15, 0.2) is 0 Å². The fourth-order valence-electron chi connectivity index (χ4n) is 1.49. The molecule has 1 rings (SSSR count). The Morgan fingerprint density at radius 2 is 2.30 bits per heavy atom. The fraction of sp³-hybridized carbons (Fsp3) is 0.286. The number of amides is 1. The molecule has 2 N–H and O–H groups in total. The number of aryl methyl sites for hydroxylation is 1. The molecule has 0 heterocycles. The van der Waals surface area contributed by atoms with Gasteiger partial charge >= 0.3 is 0 Å². The Labute approximate surface area is 123 Å². The zero-order chi connectivity index (χ0) is 15.0. The third-order valence-corrected chi connectivity index (χ3v) is 2.64. The summed E-state index contributed by atoms with van der Waals surface area (Å²) in [6, 6.07) is 7.24. The maximum Gasteiger partial charge on any atom is 0.267 e. The SMILES string of the molecule is COc1ccc(C)cc1NC(=O)/C(C#N)=C\NCCCl. The predicted molar refractivity (Wildman–Crippen MR) is 78.8 cm³/mol. The van der Waals surface area contributed by atoms with Crippen LogP contribution in [0.15, 0.2) is 30.0 Å². The maximum absolute atomic E-state index is 12.0. The summed E-state index contributed by atoms with van der Waals surface area (Å²) in [4.78, 5) is 12.0. The van der Waals surface area contributed by atoms with E-state index in [0.29, 0.717) is 23.9 Å². The molecule has 1 aromatic rings. The molecule has 0 saturated heterocycles. The average molecular weight is 294 g/mol. The van der Waals surface area contributed by atoms with Crippen molar-refractivity contribution in [1.29, 1.82) is 5.26 Å². The van der Waals surface area contributed by atoms with Crippen LogP contribution in [0.25, 0.3) is 0 Å². The largest absolute Gasteiger partial charge is 0.495 e. The van der Waals surface area contributed by atoms with E-state index in [9.17, 15) is 4.79 Å². The highest BCUT2D eigenvalue weighted by Crippen LogP contribution is 2.25. The van der Waals surface area contributed by atoms with Gasteiger partial charge in [0, 0.05) is 18.6 Å². The van der Waals surface area contributed by atoms with Crippen LogP contribution in [0.1, 0.15) is 5.56 Å². The lowest BCUT2D eigenvalue weighted by Crippen LogP contribution is -2.18. The van der Waals surface area contributed by atoms with Crippen molar-refractivity contribution in [1.82, 2.24) is 5.32 Å². The fourth-order valence-corrected chi connectivity index (χ4v) is 1.60. The monoisotopic (exact) mass is 293 g/mol. The number of halogens is 1. The van der Waals surface area contributed by atoms with E-state index in [2.05, 4.69) is 10.6 Å². The molecule has 0 fully saturated rings. The first-order valence-electron chi connectivity index (χ1n) is 5.98. The highest BCUT2D eigenvalue weighted by Gasteiger charge is 2.12. The molecule has 20 heavy (non-hydrogen) atoms. The van der Waals surface area contributed by atoms with Crippen LogP contribution in [-0.2, 0) is 4.79 Å². The lowest BCUT2D eigenvalue weighted by atomic mass is 10.2. The summed E-state index contributed by atoms with van der Waals surface area (Å²) in [6.45, 7) is 2.38. The van der Waals surface area contributed by atoms with E-state index in [1.807, 2.05) is 19.1 Å². The molecule has 6 heteroatoms. The molecule has 106 valence electrons. The molecule has 1 amide bonds. The van der Waals surface area contributed by atoms with Crippen LogP contribution < -0.4 is 15.4 Å². The Kier molecular flexibility index (Phi) is 6.41. The number of alkyl halides is 1. The van der Waals surface area contributed by atoms with Crippen molar-refractivity contribution >= 4 is 23.2 Å². The summed E-state index contributed by atoms with van der Waals surface area (Å²) < 4.78 is 5.16. The molecule has 0 aliphatic carbocycles. The van der Waals surface area contributed by atoms with Gasteiger partial charge in [-0.1, -0.05) is 6.07 Å². The van der Waals surface area contributed by atoms with Crippen molar-refractivity contribution in [2.24, 2.45) is 0 Å². The molecule has 0 atom stereocenters. The number of ether oxygens (including phenoxy) is 1. The number of methoxy groups -OCH3 is 1. The quantitative estimate of drug-likeness (QED) is 0.365. The third-order valence-electron chi connectivity index (χ3n) is 2.45. The van der Waals surface area contributed by atoms with Crippen molar-refractivity contribution in [3.05, 3.63) is 35.5 Å². The molecular weight excluding hydrogens is 278 g/mol. The highest BCUT2D eigenvalue weighted by atomic mass is 35.5. The molecule has 0 bridgehead atoms. The molecule has 0 aromatic heterocycles. The van der Waals surface area contributed by atoms with E-state index in [0.717, 1.165) is 5.56 Å². The number of nitrogens with one attached hydrogen (secondary N) is 2. The zero-order valence-electron chi connectivity index (χ0n) is 11.4. The van der Waals surface area contributed by atoms with Gasteiger partial charge in [0.1, 0.15) is 17.4 Å². The lowest BCUT2D eigenvalue weighted by molar-refractivity contribution is -0.112. The smallest absolute Gasteiger partial charge is 0.267 e. The summed E-state index contributed by atoms with van der Waals surface area (Å²) in [7, 11) is 1.52. The van der Waals surface area contributed by atoms with Crippen molar-refractivity contribution in [3.63, 3.8) is 0 Å². The van der Waals surface area contributed by atoms with Gasteiger partial charge < -0.3 is 15.4 Å². The van der Waals surface area contributed by atoms with Crippen molar-refractivity contribution in [2.75, 3.05) is 24.9 Å².